The molecule has 1 saturated heterocycles. The van der Waals surface area contributed by atoms with Crippen molar-refractivity contribution < 1.29 is 18.0 Å². The number of hydrogen-bond donors (Lipinski definition) is 1. The van der Waals surface area contributed by atoms with Crippen LogP contribution < -0.4 is 5.32 Å². The van der Waals surface area contributed by atoms with E-state index in [4.69, 9.17) is 0 Å². The van der Waals surface area contributed by atoms with Crippen molar-refractivity contribution in [3.8, 4) is 22.4 Å². The van der Waals surface area contributed by atoms with Crippen LogP contribution in [-0.4, -0.2) is 57.9 Å². The van der Waals surface area contributed by atoms with Gasteiger partial charge in [-0.15, -0.1) is 11.3 Å². The lowest BCUT2D eigenvalue weighted by Gasteiger charge is -2.39. The van der Waals surface area contributed by atoms with Crippen molar-refractivity contribution in [2.75, 3.05) is 18.1 Å². The molecular weight excluding hydrogens is 486 g/mol. The zero-order chi connectivity index (χ0) is 24.6. The minimum absolute atomic E-state index is 0.220. The molecule has 5 rings (SSSR count). The number of anilines is 1. The van der Waals surface area contributed by atoms with Crippen LogP contribution in [0.1, 0.15) is 16.8 Å². The van der Waals surface area contributed by atoms with E-state index in [9.17, 15) is 18.0 Å². The average molecular weight is 508 g/mol. The minimum Gasteiger partial charge on any atom is -0.326 e. The molecule has 178 valence electrons. The summed E-state index contributed by atoms with van der Waals surface area (Å²) >= 11 is 1.31. The second-order valence-corrected chi connectivity index (χ2v) is 10.9. The maximum absolute atomic E-state index is 12.8. The van der Waals surface area contributed by atoms with Gasteiger partial charge in [-0.05, 0) is 30.2 Å². The van der Waals surface area contributed by atoms with E-state index in [1.807, 2.05) is 41.8 Å². The van der Waals surface area contributed by atoms with Crippen molar-refractivity contribution >= 4 is 38.3 Å². The van der Waals surface area contributed by atoms with E-state index in [0.717, 1.165) is 32.6 Å². The van der Waals surface area contributed by atoms with Gasteiger partial charge in [0.1, 0.15) is 6.04 Å². The lowest BCUT2D eigenvalue weighted by Crippen LogP contribution is -2.56. The normalized spacial score (nSPS) is 15.5. The summed E-state index contributed by atoms with van der Waals surface area (Å²) in [6, 6.07) is 12.6. The second-order valence-electron chi connectivity index (χ2n) is 8.15. The molecule has 0 bridgehead atoms. The van der Waals surface area contributed by atoms with Crippen LogP contribution in [-0.2, 0) is 14.8 Å². The van der Waals surface area contributed by atoms with Crippen LogP contribution in [0.3, 0.4) is 0 Å². The van der Waals surface area contributed by atoms with E-state index in [0.29, 0.717) is 18.1 Å². The molecule has 1 fully saturated rings. The Morgan fingerprint density at radius 2 is 1.91 bits per heavy atom. The molecule has 1 aliphatic rings. The van der Waals surface area contributed by atoms with Gasteiger partial charge >= 0.3 is 0 Å². The Balaban J connectivity index is 1.26. The van der Waals surface area contributed by atoms with Crippen LogP contribution in [0.25, 0.3) is 22.4 Å². The van der Waals surface area contributed by atoms with Crippen LogP contribution >= 0.6 is 11.3 Å². The van der Waals surface area contributed by atoms with E-state index in [2.05, 4.69) is 15.3 Å². The predicted molar refractivity (Wildman–Crippen MR) is 134 cm³/mol. The Kier molecular flexibility index (Phi) is 5.95. The molecule has 35 heavy (non-hydrogen) atoms. The van der Waals surface area contributed by atoms with Crippen LogP contribution in [0.15, 0.2) is 72.6 Å². The van der Waals surface area contributed by atoms with E-state index in [-0.39, 0.29) is 17.4 Å². The summed E-state index contributed by atoms with van der Waals surface area (Å²) in [5.41, 5.74) is 3.89. The van der Waals surface area contributed by atoms with Crippen molar-refractivity contribution in [1.29, 1.82) is 0 Å². The van der Waals surface area contributed by atoms with Crippen molar-refractivity contribution in [1.82, 2.24) is 18.8 Å². The first kappa shape index (κ1) is 22.9. The Hall–Kier alpha value is -3.83. The highest BCUT2D eigenvalue weighted by atomic mass is 32.2. The summed E-state index contributed by atoms with van der Waals surface area (Å²) in [7, 11) is -3.48. The third-order valence-electron chi connectivity index (χ3n) is 5.77. The second kappa shape index (κ2) is 9.08. The summed E-state index contributed by atoms with van der Waals surface area (Å²) in [6.07, 6.45) is 7.68. The quantitative estimate of drug-likeness (QED) is 0.428. The highest BCUT2D eigenvalue weighted by Crippen LogP contribution is 2.29. The van der Waals surface area contributed by atoms with Gasteiger partial charge in [-0.3, -0.25) is 18.5 Å². The number of pyridine rings is 1. The summed E-state index contributed by atoms with van der Waals surface area (Å²) in [5.74, 6) is -0.706. The summed E-state index contributed by atoms with van der Waals surface area (Å²) < 4.78 is 24.3. The molecule has 4 heterocycles. The van der Waals surface area contributed by atoms with Gasteiger partial charge in [-0.1, -0.05) is 24.3 Å². The maximum Gasteiger partial charge on any atom is 0.256 e. The molecule has 0 unspecified atom stereocenters. The average Bonchev–Trinajstić information content (AvgIpc) is 3.49. The number of aromatic nitrogens is 3. The van der Waals surface area contributed by atoms with Gasteiger partial charge in [0.25, 0.3) is 5.91 Å². The van der Waals surface area contributed by atoms with E-state index >= 15 is 0 Å². The van der Waals surface area contributed by atoms with Gasteiger partial charge < -0.3 is 10.2 Å². The zero-order valence-corrected chi connectivity index (χ0v) is 20.3. The number of nitrogens with zero attached hydrogens (tertiary/aromatic N) is 4. The van der Waals surface area contributed by atoms with Crippen LogP contribution in [0.4, 0.5) is 5.13 Å². The number of carbonyl (C=O) groups excluding carboxylic acids is 2. The molecule has 11 heteroatoms. The van der Waals surface area contributed by atoms with Crippen molar-refractivity contribution in [3.63, 3.8) is 0 Å². The molecule has 0 saturated carbocycles. The fourth-order valence-corrected chi connectivity index (χ4v) is 5.13. The van der Waals surface area contributed by atoms with Crippen LogP contribution in [0.2, 0.25) is 0 Å². The smallest absolute Gasteiger partial charge is 0.256 e. The molecule has 1 atom stereocenters. The molecule has 9 nitrogen and oxygen atoms in total. The number of carbonyl (C=O) groups is 2. The Labute approximate surface area is 206 Å². The summed E-state index contributed by atoms with van der Waals surface area (Å²) in [5, 5.41) is 5.12. The molecule has 2 amide bonds. The highest BCUT2D eigenvalue weighted by Gasteiger charge is 2.38. The fraction of sp³-hybridized carbons (Fsp3) is 0.167. The lowest BCUT2D eigenvalue weighted by atomic mass is 10.0. The number of benzene rings is 1. The highest BCUT2D eigenvalue weighted by molar-refractivity contribution is 7.89. The monoisotopic (exact) mass is 507 g/mol. The van der Waals surface area contributed by atoms with Crippen molar-refractivity contribution in [2.24, 2.45) is 0 Å². The predicted octanol–water partition coefficient (Wildman–Crippen LogP) is 3.33. The van der Waals surface area contributed by atoms with Crippen LogP contribution in [0.5, 0.6) is 0 Å². The number of hydrogen-bond acceptors (Lipinski definition) is 7. The van der Waals surface area contributed by atoms with E-state index < -0.39 is 16.1 Å². The first-order valence-electron chi connectivity index (χ1n) is 10.8. The van der Waals surface area contributed by atoms with Gasteiger partial charge in [0, 0.05) is 47.8 Å². The number of nitrogens with one attached hydrogen (secondary N) is 1. The molecular formula is C24H21N5O4S2. The number of rotatable bonds is 6. The molecule has 0 radical (unpaired) electrons. The molecule has 0 spiro atoms. The molecule has 1 N–H and O–H groups in total. The first-order valence-corrected chi connectivity index (χ1v) is 13.5. The van der Waals surface area contributed by atoms with Gasteiger partial charge in [-0.25, -0.2) is 13.4 Å². The van der Waals surface area contributed by atoms with Gasteiger partial charge in [0.05, 0.1) is 17.5 Å². The molecule has 3 aromatic heterocycles. The third kappa shape index (κ3) is 4.73. The largest absolute Gasteiger partial charge is 0.326 e. The lowest BCUT2D eigenvalue weighted by molar-refractivity contribution is -0.123. The molecule has 1 aliphatic heterocycles. The Morgan fingerprint density at radius 3 is 2.60 bits per heavy atom. The van der Waals surface area contributed by atoms with Gasteiger partial charge in [0.15, 0.2) is 5.13 Å². The number of amides is 2. The van der Waals surface area contributed by atoms with Crippen molar-refractivity contribution in [3.05, 3.63) is 78.2 Å². The van der Waals surface area contributed by atoms with Crippen molar-refractivity contribution in [2.45, 2.75) is 12.5 Å². The topological polar surface area (TPSA) is 114 Å². The minimum atomic E-state index is -3.48. The van der Waals surface area contributed by atoms with E-state index in [1.165, 1.54) is 34.7 Å². The SMILES string of the molecule is CS(=O)(=O)n1ccc(C(=O)N2CC[C@H]2C(=O)Nc2nc(-c3cccc(-c4cccnc4)c3)cs2)c1. The number of likely N-dealkylation sites (tertiary alicyclic amines) is 1. The molecule has 1 aromatic carbocycles. The van der Waals surface area contributed by atoms with E-state index in [1.54, 1.807) is 12.4 Å². The summed E-state index contributed by atoms with van der Waals surface area (Å²) in [6.45, 7) is 0.422. The fourth-order valence-electron chi connectivity index (χ4n) is 3.82. The Morgan fingerprint density at radius 1 is 1.11 bits per heavy atom. The summed E-state index contributed by atoms with van der Waals surface area (Å²) in [4.78, 5) is 35.8. The standard InChI is InChI=1S/C24H21N5O4S2/c1-35(32,33)28-10-7-19(14-28)23(31)29-11-8-21(29)22(30)27-24-26-20(15-34-24)17-5-2-4-16(12-17)18-6-3-9-25-13-18/h2-7,9-10,12-15,21H,8,11H2,1H3,(H,26,27,30)/t21-/m0/s1. The maximum atomic E-state index is 12.8. The Bertz CT molecular complexity index is 1510. The third-order valence-corrected chi connectivity index (χ3v) is 7.52. The molecule has 0 aliphatic carbocycles. The first-order chi connectivity index (χ1) is 16.8. The van der Waals surface area contributed by atoms with Gasteiger partial charge in [0.2, 0.25) is 15.9 Å². The van der Waals surface area contributed by atoms with Gasteiger partial charge in [-0.2, -0.15) is 0 Å². The zero-order valence-electron chi connectivity index (χ0n) is 18.7. The van der Waals surface area contributed by atoms with Crippen LogP contribution in [0, 0.1) is 0 Å². The molecule has 4 aromatic rings. The number of thiazole rings is 1.